The van der Waals surface area contributed by atoms with Gasteiger partial charge in [0.2, 0.25) is 0 Å². The number of aliphatic hydroxyl groups excluding tert-OH is 1. The number of anilines is 2. The molecule has 5 nitrogen and oxygen atoms in total. The Labute approximate surface area is 159 Å². The maximum Gasteiger partial charge on any atom is 0.255 e. The van der Waals surface area contributed by atoms with Gasteiger partial charge in [-0.15, -0.1) is 0 Å². The highest BCUT2D eigenvalue weighted by Gasteiger charge is 2.34. The summed E-state index contributed by atoms with van der Waals surface area (Å²) in [6, 6.07) is 14.6. The zero-order valence-electron chi connectivity index (χ0n) is 15.4. The van der Waals surface area contributed by atoms with Crippen molar-refractivity contribution in [3.8, 4) is 0 Å². The second-order valence-electron chi connectivity index (χ2n) is 7.97. The molecule has 5 rings (SSSR count). The lowest BCUT2D eigenvalue weighted by Gasteiger charge is -2.18. The van der Waals surface area contributed by atoms with Crippen molar-refractivity contribution >= 4 is 17.3 Å². The Bertz CT molecular complexity index is 860. The van der Waals surface area contributed by atoms with Gasteiger partial charge in [-0.2, -0.15) is 0 Å². The Kier molecular flexibility index (Phi) is 4.14. The molecule has 2 fully saturated rings. The van der Waals surface area contributed by atoms with E-state index in [9.17, 15) is 9.90 Å². The minimum Gasteiger partial charge on any atom is -0.391 e. The van der Waals surface area contributed by atoms with E-state index in [-0.39, 0.29) is 12.0 Å². The number of nitrogens with one attached hydrogen (secondary N) is 1. The number of hydrogen-bond donors (Lipinski definition) is 2. The van der Waals surface area contributed by atoms with Crippen LogP contribution in [-0.4, -0.2) is 41.1 Å². The molecule has 1 aliphatic carbocycles. The van der Waals surface area contributed by atoms with Crippen molar-refractivity contribution in [2.75, 3.05) is 23.3 Å². The van der Waals surface area contributed by atoms with Gasteiger partial charge in [0.15, 0.2) is 0 Å². The molecule has 1 saturated heterocycles. The average Bonchev–Trinajstić information content (AvgIpc) is 3.29. The maximum atomic E-state index is 12.7. The van der Waals surface area contributed by atoms with Crippen LogP contribution >= 0.6 is 0 Å². The predicted octanol–water partition coefficient (Wildman–Crippen LogP) is 2.99. The van der Waals surface area contributed by atoms with Crippen LogP contribution in [0.2, 0.25) is 0 Å². The van der Waals surface area contributed by atoms with Crippen LogP contribution in [0.1, 0.15) is 40.7 Å². The Hall–Kier alpha value is -2.37. The molecule has 27 heavy (non-hydrogen) atoms. The summed E-state index contributed by atoms with van der Waals surface area (Å²) in [6.45, 7) is 3.46. The third-order valence-electron chi connectivity index (χ3n) is 5.98. The van der Waals surface area contributed by atoms with E-state index in [0.717, 1.165) is 43.5 Å². The molecule has 0 spiro atoms. The number of fused-ring (bicyclic) bond motifs is 1. The Morgan fingerprint density at radius 2 is 1.85 bits per heavy atom. The summed E-state index contributed by atoms with van der Waals surface area (Å²) in [4.78, 5) is 17.4. The minimum absolute atomic E-state index is 0.0683. The van der Waals surface area contributed by atoms with Gasteiger partial charge in [-0.1, -0.05) is 12.1 Å². The van der Waals surface area contributed by atoms with E-state index in [4.69, 9.17) is 0 Å². The summed E-state index contributed by atoms with van der Waals surface area (Å²) in [7, 11) is 0. The van der Waals surface area contributed by atoms with E-state index >= 15 is 0 Å². The number of rotatable bonds is 4. The van der Waals surface area contributed by atoms with Gasteiger partial charge in [-0.3, -0.25) is 9.69 Å². The summed E-state index contributed by atoms with van der Waals surface area (Å²) in [5.41, 5.74) is 5.26. The highest BCUT2D eigenvalue weighted by atomic mass is 16.3. The van der Waals surface area contributed by atoms with Gasteiger partial charge in [0.05, 0.1) is 6.10 Å². The van der Waals surface area contributed by atoms with Crippen LogP contribution in [0.4, 0.5) is 11.4 Å². The van der Waals surface area contributed by atoms with Crippen molar-refractivity contribution in [1.29, 1.82) is 0 Å². The average molecular weight is 363 g/mol. The number of benzene rings is 2. The molecule has 2 aromatic carbocycles. The summed E-state index contributed by atoms with van der Waals surface area (Å²) in [5, 5.41) is 12.8. The van der Waals surface area contributed by atoms with E-state index in [1.54, 1.807) is 0 Å². The van der Waals surface area contributed by atoms with Gasteiger partial charge in [0.1, 0.15) is 0 Å². The fourth-order valence-electron chi connectivity index (χ4n) is 4.26. The molecule has 2 aromatic rings. The molecular weight excluding hydrogens is 338 g/mol. The minimum atomic E-state index is -0.247. The van der Waals surface area contributed by atoms with Crippen LogP contribution < -0.4 is 10.2 Å². The first-order valence-corrected chi connectivity index (χ1v) is 9.86. The zero-order valence-corrected chi connectivity index (χ0v) is 15.4. The quantitative estimate of drug-likeness (QED) is 0.877. The Morgan fingerprint density at radius 3 is 2.56 bits per heavy atom. The number of carbonyl (C=O) groups excluding carboxylic acids is 1. The molecule has 2 aliphatic heterocycles. The summed E-state index contributed by atoms with van der Waals surface area (Å²) < 4.78 is 0. The van der Waals surface area contributed by atoms with E-state index in [1.807, 2.05) is 36.4 Å². The number of carbonyl (C=O) groups is 1. The fraction of sp³-hybridized carbons (Fsp3) is 0.409. The molecule has 1 unspecified atom stereocenters. The lowest BCUT2D eigenvalue weighted by Crippen LogP contribution is -2.21. The Morgan fingerprint density at radius 1 is 1.04 bits per heavy atom. The predicted molar refractivity (Wildman–Crippen MR) is 106 cm³/mol. The van der Waals surface area contributed by atoms with Crippen LogP contribution in [0.15, 0.2) is 42.5 Å². The van der Waals surface area contributed by atoms with Gasteiger partial charge in [-0.25, -0.2) is 0 Å². The molecule has 0 aromatic heterocycles. The standard InChI is InChI=1S/C22H25N3O2/c26-19-10-11-24(13-19)17-6-4-15(5-7-17)22(27)23-21-3-1-2-16-12-25(14-20(16)21)18-8-9-18/h1-7,18-19,26H,8-14H2,(H,23,27). The first kappa shape index (κ1) is 16.8. The number of aliphatic hydroxyl groups is 1. The highest BCUT2D eigenvalue weighted by Crippen LogP contribution is 2.37. The number of hydrogen-bond acceptors (Lipinski definition) is 4. The molecular formula is C22H25N3O2. The molecule has 3 aliphatic rings. The van der Waals surface area contributed by atoms with Crippen molar-refractivity contribution in [1.82, 2.24) is 4.90 Å². The zero-order chi connectivity index (χ0) is 18.4. The van der Waals surface area contributed by atoms with Crippen LogP contribution in [-0.2, 0) is 13.1 Å². The lowest BCUT2D eigenvalue weighted by atomic mass is 10.1. The monoisotopic (exact) mass is 363 g/mol. The molecule has 0 bridgehead atoms. The normalized spacial score (nSPS) is 22.1. The topological polar surface area (TPSA) is 55.8 Å². The highest BCUT2D eigenvalue weighted by molar-refractivity contribution is 6.05. The van der Waals surface area contributed by atoms with Crippen LogP contribution in [0, 0.1) is 0 Å². The fourth-order valence-corrected chi connectivity index (χ4v) is 4.26. The van der Waals surface area contributed by atoms with Crippen molar-refractivity contribution in [2.45, 2.75) is 44.5 Å². The molecule has 5 heteroatoms. The smallest absolute Gasteiger partial charge is 0.255 e. The van der Waals surface area contributed by atoms with E-state index in [1.165, 1.54) is 24.0 Å². The Balaban J connectivity index is 1.29. The van der Waals surface area contributed by atoms with Crippen molar-refractivity contribution in [3.05, 3.63) is 59.2 Å². The lowest BCUT2D eigenvalue weighted by molar-refractivity contribution is 0.102. The van der Waals surface area contributed by atoms with Gasteiger partial charge >= 0.3 is 0 Å². The summed E-state index contributed by atoms with van der Waals surface area (Å²) >= 11 is 0. The second-order valence-corrected chi connectivity index (χ2v) is 7.97. The number of amides is 1. The van der Waals surface area contributed by atoms with Crippen molar-refractivity contribution < 1.29 is 9.90 Å². The van der Waals surface area contributed by atoms with Gasteiger partial charge in [-0.05, 0) is 60.7 Å². The van der Waals surface area contributed by atoms with E-state index in [2.05, 4.69) is 21.2 Å². The molecule has 1 atom stereocenters. The largest absolute Gasteiger partial charge is 0.391 e. The van der Waals surface area contributed by atoms with E-state index < -0.39 is 0 Å². The van der Waals surface area contributed by atoms with Gasteiger partial charge in [0, 0.05) is 49.2 Å². The third-order valence-corrected chi connectivity index (χ3v) is 5.98. The van der Waals surface area contributed by atoms with Gasteiger partial charge < -0.3 is 15.3 Å². The molecule has 2 N–H and O–H groups in total. The van der Waals surface area contributed by atoms with Gasteiger partial charge in [0.25, 0.3) is 5.91 Å². The molecule has 140 valence electrons. The van der Waals surface area contributed by atoms with E-state index in [0.29, 0.717) is 12.1 Å². The third kappa shape index (κ3) is 3.33. The SMILES string of the molecule is O=C(Nc1cccc2c1CN(C1CC1)C2)c1ccc(N2CCC(O)C2)cc1. The number of β-amino-alcohol motifs (C(OH)–C–C–N with tert-alkyl or cyclic N) is 1. The van der Waals surface area contributed by atoms with Crippen LogP contribution in [0.3, 0.4) is 0 Å². The van der Waals surface area contributed by atoms with Crippen LogP contribution in [0.5, 0.6) is 0 Å². The van der Waals surface area contributed by atoms with Crippen LogP contribution in [0.25, 0.3) is 0 Å². The number of nitrogens with zero attached hydrogens (tertiary/aromatic N) is 2. The summed E-state index contributed by atoms with van der Waals surface area (Å²) in [5.74, 6) is -0.0683. The molecule has 1 amide bonds. The first-order chi connectivity index (χ1) is 13.2. The first-order valence-electron chi connectivity index (χ1n) is 9.86. The van der Waals surface area contributed by atoms with Crippen molar-refractivity contribution in [2.24, 2.45) is 0 Å². The summed E-state index contributed by atoms with van der Waals surface area (Å²) in [6.07, 6.45) is 3.16. The maximum absolute atomic E-state index is 12.7. The molecule has 0 radical (unpaired) electrons. The molecule has 2 heterocycles. The molecule has 1 saturated carbocycles. The second kappa shape index (κ2) is 6.66. The van der Waals surface area contributed by atoms with Crippen molar-refractivity contribution in [3.63, 3.8) is 0 Å².